The number of hydrazine groups is 1. The average molecular weight is 341 g/mol. The van der Waals surface area contributed by atoms with Gasteiger partial charge in [0, 0.05) is 18.1 Å². The number of carboxylic acids is 1. The lowest BCUT2D eigenvalue weighted by Crippen LogP contribution is -2.53. The summed E-state index contributed by atoms with van der Waals surface area (Å²) < 4.78 is 0. The molecule has 22 heavy (non-hydrogen) atoms. The fourth-order valence-electron chi connectivity index (χ4n) is 2.19. The molecule has 2 rings (SSSR count). The fourth-order valence-corrected chi connectivity index (χ4v) is 4.96. The van der Waals surface area contributed by atoms with E-state index in [1.54, 1.807) is 26.5 Å². The van der Waals surface area contributed by atoms with Crippen molar-refractivity contribution >= 4 is 33.6 Å². The maximum Gasteiger partial charge on any atom is 0.335 e. The molecule has 0 unspecified atom stereocenters. The standard InChI is InChI=1S/C14H19N3O3S2/c15-17(8-13(18)19)14(20)16(12-9-21-22-10-12)7-6-11-4-2-1-3-5-11/h1-5,12H,6-10,15H2,(H,18,19). The van der Waals surface area contributed by atoms with Crippen LogP contribution < -0.4 is 5.84 Å². The van der Waals surface area contributed by atoms with Gasteiger partial charge in [0.1, 0.15) is 6.54 Å². The van der Waals surface area contributed by atoms with Crippen LogP contribution >= 0.6 is 21.6 Å². The molecule has 1 aliphatic rings. The predicted molar refractivity (Wildman–Crippen MR) is 89.5 cm³/mol. The van der Waals surface area contributed by atoms with E-state index in [0.717, 1.165) is 28.5 Å². The van der Waals surface area contributed by atoms with Crippen LogP contribution in [0, 0.1) is 0 Å². The molecule has 8 heteroatoms. The SMILES string of the molecule is NN(CC(=O)O)C(=O)N(CCc1ccccc1)C1CSSC1. The second-order valence-electron chi connectivity index (χ2n) is 4.96. The second kappa shape index (κ2) is 8.30. The average Bonchev–Trinajstić information content (AvgIpc) is 3.02. The van der Waals surface area contributed by atoms with E-state index in [4.69, 9.17) is 10.9 Å². The van der Waals surface area contributed by atoms with Crippen LogP contribution in [0.4, 0.5) is 4.79 Å². The smallest absolute Gasteiger partial charge is 0.335 e. The monoisotopic (exact) mass is 341 g/mol. The molecule has 0 radical (unpaired) electrons. The summed E-state index contributed by atoms with van der Waals surface area (Å²) in [6.45, 7) is 0.0373. The zero-order valence-corrected chi connectivity index (χ0v) is 13.7. The van der Waals surface area contributed by atoms with Gasteiger partial charge in [0.2, 0.25) is 0 Å². The van der Waals surface area contributed by atoms with Gasteiger partial charge >= 0.3 is 12.0 Å². The molecule has 120 valence electrons. The number of hydrogen-bond acceptors (Lipinski definition) is 5. The first-order chi connectivity index (χ1) is 10.6. The van der Waals surface area contributed by atoms with E-state index in [9.17, 15) is 9.59 Å². The van der Waals surface area contributed by atoms with E-state index >= 15 is 0 Å². The Morgan fingerprint density at radius 3 is 2.45 bits per heavy atom. The summed E-state index contributed by atoms with van der Waals surface area (Å²) in [5, 5.41) is 9.57. The van der Waals surface area contributed by atoms with Crippen LogP contribution in [0.5, 0.6) is 0 Å². The zero-order valence-electron chi connectivity index (χ0n) is 12.1. The number of nitrogens with two attached hydrogens (primary N) is 1. The van der Waals surface area contributed by atoms with Crippen molar-refractivity contribution in [2.45, 2.75) is 12.5 Å². The van der Waals surface area contributed by atoms with Gasteiger partial charge in [0.05, 0.1) is 6.04 Å². The van der Waals surface area contributed by atoms with Crippen LogP contribution in [0.25, 0.3) is 0 Å². The minimum Gasteiger partial charge on any atom is -0.480 e. The van der Waals surface area contributed by atoms with Gasteiger partial charge in [0.15, 0.2) is 0 Å². The molecule has 1 fully saturated rings. The van der Waals surface area contributed by atoms with Crippen LogP contribution in [0.3, 0.4) is 0 Å². The lowest BCUT2D eigenvalue weighted by atomic mass is 10.1. The molecule has 0 spiro atoms. The van der Waals surface area contributed by atoms with Crippen molar-refractivity contribution in [3.05, 3.63) is 35.9 Å². The van der Waals surface area contributed by atoms with Gasteiger partial charge in [0.25, 0.3) is 0 Å². The van der Waals surface area contributed by atoms with Crippen molar-refractivity contribution in [1.82, 2.24) is 9.91 Å². The maximum atomic E-state index is 12.4. The van der Waals surface area contributed by atoms with Crippen LogP contribution in [0.1, 0.15) is 5.56 Å². The second-order valence-corrected chi connectivity index (χ2v) is 7.51. The molecule has 3 N–H and O–H groups in total. The van der Waals surface area contributed by atoms with Gasteiger partial charge in [-0.05, 0) is 12.0 Å². The maximum absolute atomic E-state index is 12.4. The number of aliphatic carboxylic acids is 1. The summed E-state index contributed by atoms with van der Waals surface area (Å²) in [6, 6.07) is 9.56. The number of urea groups is 1. The number of carbonyl (C=O) groups excluding carboxylic acids is 1. The van der Waals surface area contributed by atoms with E-state index < -0.39 is 18.5 Å². The number of carbonyl (C=O) groups is 2. The third-order valence-corrected chi connectivity index (χ3v) is 5.85. The molecule has 0 saturated carbocycles. The van der Waals surface area contributed by atoms with Gasteiger partial charge < -0.3 is 10.0 Å². The predicted octanol–water partition coefficient (Wildman–Crippen LogP) is 1.68. The minimum atomic E-state index is -1.12. The lowest BCUT2D eigenvalue weighted by molar-refractivity contribution is -0.137. The van der Waals surface area contributed by atoms with Crippen molar-refractivity contribution in [2.75, 3.05) is 24.6 Å². The molecular formula is C14H19N3O3S2. The molecule has 1 aliphatic heterocycles. The minimum absolute atomic E-state index is 0.0889. The highest BCUT2D eigenvalue weighted by molar-refractivity contribution is 8.77. The van der Waals surface area contributed by atoms with Gasteiger partial charge in [-0.25, -0.2) is 10.6 Å². The molecule has 6 nitrogen and oxygen atoms in total. The largest absolute Gasteiger partial charge is 0.480 e. The molecule has 1 heterocycles. The van der Waals surface area contributed by atoms with Crippen molar-refractivity contribution < 1.29 is 14.7 Å². The Kier molecular flexibility index (Phi) is 6.41. The third-order valence-electron chi connectivity index (χ3n) is 3.33. The number of amides is 2. The van der Waals surface area contributed by atoms with E-state index in [1.165, 1.54) is 0 Å². The first kappa shape index (κ1) is 17.0. The highest BCUT2D eigenvalue weighted by Gasteiger charge is 2.30. The van der Waals surface area contributed by atoms with E-state index in [1.807, 2.05) is 30.3 Å². The van der Waals surface area contributed by atoms with Crippen LogP contribution in [0.2, 0.25) is 0 Å². The van der Waals surface area contributed by atoms with E-state index in [2.05, 4.69) is 0 Å². The molecule has 0 bridgehead atoms. The van der Waals surface area contributed by atoms with Gasteiger partial charge in [-0.3, -0.25) is 9.80 Å². The van der Waals surface area contributed by atoms with Gasteiger partial charge in [-0.1, -0.05) is 51.9 Å². The van der Waals surface area contributed by atoms with Crippen molar-refractivity contribution in [1.29, 1.82) is 0 Å². The molecule has 1 aromatic carbocycles. The summed E-state index contributed by atoms with van der Waals surface area (Å²) in [6.07, 6.45) is 0.722. The van der Waals surface area contributed by atoms with Crippen molar-refractivity contribution in [2.24, 2.45) is 5.84 Å². The summed E-state index contributed by atoms with van der Waals surface area (Å²) in [4.78, 5) is 24.9. The van der Waals surface area contributed by atoms with E-state index in [-0.39, 0.29) is 6.04 Å². The summed E-state index contributed by atoms with van der Waals surface area (Å²) >= 11 is 0. The third kappa shape index (κ3) is 4.82. The molecular weight excluding hydrogens is 322 g/mol. The number of rotatable bonds is 6. The molecule has 1 aromatic rings. The fraction of sp³-hybridized carbons (Fsp3) is 0.429. The lowest BCUT2D eigenvalue weighted by Gasteiger charge is -2.31. The first-order valence-corrected chi connectivity index (χ1v) is 9.39. The van der Waals surface area contributed by atoms with Crippen LogP contribution in [-0.2, 0) is 11.2 Å². The van der Waals surface area contributed by atoms with Crippen LogP contribution in [0.15, 0.2) is 30.3 Å². The van der Waals surface area contributed by atoms with Gasteiger partial charge in [-0.2, -0.15) is 0 Å². The number of nitrogens with zero attached hydrogens (tertiary/aromatic N) is 2. The Bertz CT molecular complexity index is 509. The Morgan fingerprint density at radius 1 is 1.23 bits per heavy atom. The zero-order chi connectivity index (χ0) is 15.9. The number of hydrogen-bond donors (Lipinski definition) is 2. The molecule has 1 saturated heterocycles. The molecule has 2 amide bonds. The Morgan fingerprint density at radius 2 is 1.86 bits per heavy atom. The molecule has 0 aliphatic carbocycles. The number of benzene rings is 1. The summed E-state index contributed by atoms with van der Waals surface area (Å²) in [5.41, 5.74) is 1.14. The van der Waals surface area contributed by atoms with Crippen molar-refractivity contribution in [3.8, 4) is 0 Å². The molecule has 0 aromatic heterocycles. The number of carboxylic acid groups (broad SMARTS) is 1. The topological polar surface area (TPSA) is 86.9 Å². The van der Waals surface area contributed by atoms with Crippen LogP contribution in [-0.4, -0.2) is 57.7 Å². The highest BCUT2D eigenvalue weighted by atomic mass is 33.1. The first-order valence-electron chi connectivity index (χ1n) is 6.91. The highest BCUT2D eigenvalue weighted by Crippen LogP contribution is 2.33. The summed E-state index contributed by atoms with van der Waals surface area (Å²) in [7, 11) is 3.44. The Labute approximate surface area is 137 Å². The van der Waals surface area contributed by atoms with Gasteiger partial charge in [-0.15, -0.1) is 0 Å². The Hall–Kier alpha value is -1.38. The molecule has 0 atom stereocenters. The summed E-state index contributed by atoms with van der Waals surface area (Å²) in [5.74, 6) is 6.17. The van der Waals surface area contributed by atoms with Crippen molar-refractivity contribution in [3.63, 3.8) is 0 Å². The quantitative estimate of drug-likeness (QED) is 0.354. The van der Waals surface area contributed by atoms with E-state index in [0.29, 0.717) is 6.54 Å². The Balaban J connectivity index is 2.02. The normalized spacial score (nSPS) is 14.8.